The molecule has 10 nitrogen and oxygen atoms in total. The lowest BCUT2D eigenvalue weighted by atomic mass is 9.93. The van der Waals surface area contributed by atoms with Crippen molar-refractivity contribution in [1.29, 1.82) is 0 Å². The van der Waals surface area contributed by atoms with Crippen molar-refractivity contribution >= 4 is 21.9 Å². The van der Waals surface area contributed by atoms with E-state index in [1.54, 1.807) is 6.08 Å². The van der Waals surface area contributed by atoms with E-state index in [0.717, 1.165) is 17.7 Å². The molecule has 2 aromatic heterocycles. The molecule has 226 valence electrons. The van der Waals surface area contributed by atoms with Gasteiger partial charge in [0.15, 0.2) is 16.4 Å². The molecule has 45 heavy (non-hydrogen) atoms. The van der Waals surface area contributed by atoms with Crippen LogP contribution in [0.1, 0.15) is 19.4 Å². The molecule has 0 spiro atoms. The van der Waals surface area contributed by atoms with Crippen molar-refractivity contribution < 1.29 is 39.5 Å². The van der Waals surface area contributed by atoms with Crippen molar-refractivity contribution in [3.63, 3.8) is 0 Å². The second-order valence-electron chi connectivity index (χ2n) is 10.8. The zero-order chi connectivity index (χ0) is 32.2. The lowest BCUT2D eigenvalue weighted by Gasteiger charge is -2.17. The summed E-state index contributed by atoms with van der Waals surface area (Å²) >= 11 is 0. The minimum Gasteiger partial charge on any atom is -0.508 e. The van der Waals surface area contributed by atoms with Crippen LogP contribution in [-0.2, 0) is 6.42 Å². The van der Waals surface area contributed by atoms with Crippen LogP contribution < -0.4 is 10.9 Å². The number of fused-ring (bicyclic) bond motifs is 2. The van der Waals surface area contributed by atoms with Crippen molar-refractivity contribution in [1.82, 2.24) is 0 Å². The first-order chi connectivity index (χ1) is 21.4. The highest BCUT2D eigenvalue weighted by atomic mass is 16.3. The standard InChI is InChI=1S/C35H26O10/c1-16(2)3-9-21-33(42)30(35-32(34(21)43)26(41)15-27(45-35)17-4-7-19(36)8-5-17)22-11-18(6-10-23(22)38)28-14-25(40)31-24(39)12-20(37)13-29(31)44-28/h3-8,10-15,36-39,42-43H,9H2,1-2H3. The summed E-state index contributed by atoms with van der Waals surface area (Å²) in [4.78, 5) is 26.4. The maximum Gasteiger partial charge on any atom is 0.197 e. The fourth-order valence-electron chi connectivity index (χ4n) is 5.22. The van der Waals surface area contributed by atoms with Crippen LogP contribution in [0.4, 0.5) is 0 Å². The summed E-state index contributed by atoms with van der Waals surface area (Å²) in [5, 5.41) is 63.4. The van der Waals surface area contributed by atoms with Gasteiger partial charge in [-0.3, -0.25) is 9.59 Å². The highest BCUT2D eigenvalue weighted by molar-refractivity contribution is 6.03. The summed E-state index contributed by atoms with van der Waals surface area (Å²) in [5.41, 5.74) is -0.0378. The fraction of sp³-hybridized carbons (Fsp3) is 0.0857. The largest absolute Gasteiger partial charge is 0.508 e. The molecular formula is C35H26O10. The van der Waals surface area contributed by atoms with Crippen LogP contribution in [-0.4, -0.2) is 30.6 Å². The average Bonchev–Trinajstić information content (AvgIpc) is 2.97. The van der Waals surface area contributed by atoms with E-state index in [4.69, 9.17) is 8.83 Å². The predicted molar refractivity (Wildman–Crippen MR) is 168 cm³/mol. The van der Waals surface area contributed by atoms with Gasteiger partial charge in [0.1, 0.15) is 62.4 Å². The first-order valence-corrected chi connectivity index (χ1v) is 13.7. The third-order valence-corrected chi connectivity index (χ3v) is 7.43. The van der Waals surface area contributed by atoms with Crippen LogP contribution in [0.5, 0.6) is 34.5 Å². The van der Waals surface area contributed by atoms with Crippen molar-refractivity contribution in [3.05, 3.63) is 104 Å². The molecule has 0 aliphatic rings. The van der Waals surface area contributed by atoms with Gasteiger partial charge in [0.25, 0.3) is 0 Å². The maximum absolute atomic E-state index is 13.5. The van der Waals surface area contributed by atoms with E-state index in [0.29, 0.717) is 5.56 Å². The minimum atomic E-state index is -0.618. The lowest BCUT2D eigenvalue weighted by Crippen LogP contribution is -2.04. The highest BCUT2D eigenvalue weighted by Gasteiger charge is 2.26. The molecule has 6 N–H and O–H groups in total. The van der Waals surface area contributed by atoms with Crippen molar-refractivity contribution in [2.45, 2.75) is 20.3 Å². The molecule has 0 unspecified atom stereocenters. The van der Waals surface area contributed by atoms with Gasteiger partial charge in [-0.05, 0) is 62.7 Å². The summed E-state index contributed by atoms with van der Waals surface area (Å²) in [5.74, 6) is -1.97. The Morgan fingerprint density at radius 2 is 1.31 bits per heavy atom. The van der Waals surface area contributed by atoms with Gasteiger partial charge in [-0.1, -0.05) is 11.6 Å². The Balaban J connectivity index is 1.67. The molecule has 0 fully saturated rings. The van der Waals surface area contributed by atoms with Crippen LogP contribution in [0.2, 0.25) is 0 Å². The molecule has 0 amide bonds. The lowest BCUT2D eigenvalue weighted by molar-refractivity contribution is 0.442. The molecule has 0 saturated heterocycles. The summed E-state index contributed by atoms with van der Waals surface area (Å²) in [6, 6.07) is 14.5. The molecular weight excluding hydrogens is 580 g/mol. The summed E-state index contributed by atoms with van der Waals surface area (Å²) in [6.07, 6.45) is 1.80. The van der Waals surface area contributed by atoms with Crippen LogP contribution in [0.3, 0.4) is 0 Å². The number of rotatable bonds is 5. The monoisotopic (exact) mass is 606 g/mol. The molecule has 2 heterocycles. The zero-order valence-electron chi connectivity index (χ0n) is 24.0. The Bertz CT molecular complexity index is 2300. The number of hydrogen-bond donors (Lipinski definition) is 6. The van der Waals surface area contributed by atoms with Crippen LogP contribution >= 0.6 is 0 Å². The van der Waals surface area contributed by atoms with E-state index in [1.165, 1.54) is 54.6 Å². The number of phenolic OH excluding ortho intramolecular Hbond substituents is 6. The van der Waals surface area contributed by atoms with Crippen molar-refractivity contribution in [2.24, 2.45) is 0 Å². The zero-order valence-corrected chi connectivity index (χ0v) is 24.0. The van der Waals surface area contributed by atoms with E-state index < -0.39 is 28.1 Å². The number of hydrogen-bond acceptors (Lipinski definition) is 10. The molecule has 10 heteroatoms. The van der Waals surface area contributed by atoms with Gasteiger partial charge in [0, 0.05) is 46.5 Å². The molecule has 0 saturated carbocycles. The molecule has 0 aliphatic carbocycles. The van der Waals surface area contributed by atoms with Crippen LogP contribution in [0.25, 0.3) is 55.7 Å². The van der Waals surface area contributed by atoms with Gasteiger partial charge in [-0.2, -0.15) is 0 Å². The molecule has 6 aromatic rings. The fourth-order valence-corrected chi connectivity index (χ4v) is 5.22. The van der Waals surface area contributed by atoms with E-state index >= 15 is 0 Å². The van der Waals surface area contributed by atoms with E-state index in [-0.39, 0.29) is 79.4 Å². The third kappa shape index (κ3) is 5.08. The van der Waals surface area contributed by atoms with Crippen LogP contribution in [0.15, 0.2) is 96.8 Å². The van der Waals surface area contributed by atoms with Gasteiger partial charge in [-0.15, -0.1) is 0 Å². The Labute approximate surface area is 254 Å². The Morgan fingerprint density at radius 1 is 0.667 bits per heavy atom. The summed E-state index contributed by atoms with van der Waals surface area (Å²) in [7, 11) is 0. The quantitative estimate of drug-likeness (QED) is 0.116. The van der Waals surface area contributed by atoms with E-state index in [9.17, 15) is 40.2 Å². The molecule has 6 rings (SSSR count). The SMILES string of the molecule is CC(C)=CCc1c(O)c(-c2cc(-c3cc(=O)c4c(O)cc(O)cc4o3)ccc2O)c2oc(-c3ccc(O)cc3)cc(=O)c2c1O. The average molecular weight is 607 g/mol. The molecule has 0 radical (unpaired) electrons. The smallest absolute Gasteiger partial charge is 0.197 e. The van der Waals surface area contributed by atoms with E-state index in [1.807, 2.05) is 13.8 Å². The first kappa shape index (κ1) is 28.9. The Hall–Kier alpha value is -6.16. The third-order valence-electron chi connectivity index (χ3n) is 7.43. The second kappa shape index (κ2) is 10.8. The van der Waals surface area contributed by atoms with Gasteiger partial charge >= 0.3 is 0 Å². The predicted octanol–water partition coefficient (Wildman–Crippen LogP) is 6.64. The minimum absolute atomic E-state index is 0.00529. The van der Waals surface area contributed by atoms with Gasteiger partial charge in [0.05, 0.1) is 5.56 Å². The summed E-state index contributed by atoms with van der Waals surface area (Å²) < 4.78 is 12.0. The van der Waals surface area contributed by atoms with Crippen molar-refractivity contribution in [3.8, 4) is 68.3 Å². The second-order valence-corrected chi connectivity index (χ2v) is 10.8. The summed E-state index contributed by atoms with van der Waals surface area (Å²) in [6.45, 7) is 3.67. The molecule has 0 bridgehead atoms. The first-order valence-electron chi connectivity index (χ1n) is 13.7. The van der Waals surface area contributed by atoms with Crippen LogP contribution in [0, 0.1) is 0 Å². The number of aromatic hydroxyl groups is 6. The number of benzene rings is 4. The van der Waals surface area contributed by atoms with Gasteiger partial charge < -0.3 is 39.5 Å². The normalized spacial score (nSPS) is 11.2. The molecule has 0 aliphatic heterocycles. The Kier molecular flexibility index (Phi) is 6.97. The van der Waals surface area contributed by atoms with Crippen molar-refractivity contribution in [2.75, 3.05) is 0 Å². The molecule has 0 atom stereocenters. The van der Waals surface area contributed by atoms with E-state index in [2.05, 4.69) is 0 Å². The maximum atomic E-state index is 13.5. The number of allylic oxidation sites excluding steroid dienone is 2. The highest BCUT2D eigenvalue weighted by Crippen LogP contribution is 2.48. The molecule has 4 aromatic carbocycles. The van der Waals surface area contributed by atoms with Gasteiger partial charge in [-0.25, -0.2) is 0 Å². The van der Waals surface area contributed by atoms with Gasteiger partial charge in [0.2, 0.25) is 0 Å². The number of phenols is 6. The Morgan fingerprint density at radius 3 is 2.00 bits per heavy atom. The topological polar surface area (TPSA) is 182 Å².